The van der Waals surface area contributed by atoms with Gasteiger partial charge in [0.05, 0.1) is 11.3 Å². The summed E-state index contributed by atoms with van der Waals surface area (Å²) >= 11 is 11.7. The maximum atomic E-state index is 14.0. The Morgan fingerprint density at radius 2 is 1.77 bits per heavy atom. The van der Waals surface area contributed by atoms with Crippen molar-refractivity contribution >= 4 is 41.2 Å². The molecule has 1 unspecified atom stereocenters. The fourth-order valence-corrected chi connectivity index (χ4v) is 3.47. The van der Waals surface area contributed by atoms with E-state index in [1.165, 1.54) is 17.0 Å². The van der Waals surface area contributed by atoms with Gasteiger partial charge in [0, 0.05) is 41.7 Å². The number of nitrogens with two attached hydrogens (primary N) is 1. The largest absolute Gasteiger partial charge is 0.435 e. The van der Waals surface area contributed by atoms with Crippen molar-refractivity contribution in [2.24, 2.45) is 10.9 Å². The van der Waals surface area contributed by atoms with Crippen LogP contribution in [0.1, 0.15) is 27.9 Å². The summed E-state index contributed by atoms with van der Waals surface area (Å²) < 4.78 is 71.6. The van der Waals surface area contributed by atoms with Crippen molar-refractivity contribution in [3.05, 3.63) is 63.1 Å². The predicted molar refractivity (Wildman–Crippen MR) is 118 cm³/mol. The Balaban J connectivity index is 0.000000784. The first kappa shape index (κ1) is 28.1. The minimum atomic E-state index is -4.93. The molecule has 3 rings (SSSR count). The molecule has 1 aliphatic heterocycles. The van der Waals surface area contributed by atoms with Crippen LogP contribution in [0.5, 0.6) is 5.75 Å². The van der Waals surface area contributed by atoms with Crippen molar-refractivity contribution in [1.29, 1.82) is 0 Å². The molecule has 14 heteroatoms. The Kier molecular flexibility index (Phi) is 8.90. The van der Waals surface area contributed by atoms with E-state index in [9.17, 15) is 31.5 Å². The van der Waals surface area contributed by atoms with E-state index in [2.05, 4.69) is 9.89 Å². The number of carbonyl (C=O) groups excluding carboxylic acids is 2. The van der Waals surface area contributed by atoms with Gasteiger partial charge in [-0.3, -0.25) is 9.59 Å². The predicted octanol–water partition coefficient (Wildman–Crippen LogP) is 4.98. The maximum absolute atomic E-state index is 14.0. The van der Waals surface area contributed by atoms with Gasteiger partial charge in [-0.1, -0.05) is 34.4 Å². The average Bonchev–Trinajstić information content (AvgIpc) is 3.20. The second-order valence-electron chi connectivity index (χ2n) is 7.31. The third kappa shape index (κ3) is 6.73. The average molecular weight is 542 g/mol. The van der Waals surface area contributed by atoms with Crippen LogP contribution in [-0.2, 0) is 15.2 Å². The molecule has 2 aromatic carbocycles. The second kappa shape index (κ2) is 11.1. The Labute approximate surface area is 206 Å². The minimum absolute atomic E-state index is 0.0325. The summed E-state index contributed by atoms with van der Waals surface area (Å²) in [5, 5.41) is 3.42. The summed E-state index contributed by atoms with van der Waals surface area (Å²) in [6, 6.07) is 6.51. The molecule has 0 saturated heterocycles. The van der Waals surface area contributed by atoms with Gasteiger partial charge >= 0.3 is 12.8 Å². The lowest BCUT2D eigenvalue weighted by Gasteiger charge is -2.29. The number of amides is 2. The van der Waals surface area contributed by atoms with Gasteiger partial charge in [-0.15, -0.1) is 0 Å². The van der Waals surface area contributed by atoms with Gasteiger partial charge in [0.2, 0.25) is 6.41 Å². The SMILES string of the molecule is CN(C)C=O.NC(=O)c1ccc(C2=NOC(c3cc(Cl)cc(Cl)c3)(C(F)(F)F)C2)cc1OC(F)F. The lowest BCUT2D eigenvalue weighted by molar-refractivity contribution is -0.275. The molecule has 2 amide bonds. The molecule has 190 valence electrons. The minimum Gasteiger partial charge on any atom is -0.434 e. The standard InChI is InChI=1S/C18H11Cl2F5N2O3.C3H7NO/c19-10-4-9(5-11(20)6-10)17(18(23,24)25)7-13(27-30-17)8-1-2-12(15(26)28)14(3-8)29-16(21)22;1-4(2)3-5/h1-6,16H,7H2,(H2,26,28);3H,1-2H3. The second-order valence-corrected chi connectivity index (χ2v) is 8.18. The third-order valence-corrected chi connectivity index (χ3v) is 4.96. The first-order valence-corrected chi connectivity index (χ1v) is 10.2. The van der Waals surface area contributed by atoms with E-state index in [-0.39, 0.29) is 32.4 Å². The molecule has 0 saturated carbocycles. The monoisotopic (exact) mass is 541 g/mol. The van der Waals surface area contributed by atoms with Gasteiger partial charge in [-0.2, -0.15) is 22.0 Å². The van der Waals surface area contributed by atoms with Crippen molar-refractivity contribution in [3.63, 3.8) is 0 Å². The summed E-state index contributed by atoms with van der Waals surface area (Å²) in [6.45, 7) is -3.29. The van der Waals surface area contributed by atoms with E-state index >= 15 is 0 Å². The van der Waals surface area contributed by atoms with Gasteiger partial charge in [0.1, 0.15) is 5.75 Å². The van der Waals surface area contributed by atoms with E-state index in [0.717, 1.165) is 30.7 Å². The quantitative estimate of drug-likeness (QED) is 0.412. The molecule has 0 aromatic heterocycles. The zero-order valence-electron chi connectivity index (χ0n) is 18.1. The van der Waals surface area contributed by atoms with Crippen LogP contribution in [0.25, 0.3) is 0 Å². The van der Waals surface area contributed by atoms with Crippen LogP contribution < -0.4 is 10.5 Å². The maximum Gasteiger partial charge on any atom is 0.435 e. The van der Waals surface area contributed by atoms with E-state index in [4.69, 9.17) is 33.8 Å². The van der Waals surface area contributed by atoms with Crippen LogP contribution in [0, 0.1) is 0 Å². The lowest BCUT2D eigenvalue weighted by Crippen LogP contribution is -2.42. The van der Waals surface area contributed by atoms with Crippen LogP contribution in [0.4, 0.5) is 22.0 Å². The van der Waals surface area contributed by atoms with Crippen molar-refractivity contribution < 1.29 is 41.1 Å². The van der Waals surface area contributed by atoms with Crippen molar-refractivity contribution in [2.45, 2.75) is 24.8 Å². The highest BCUT2D eigenvalue weighted by atomic mass is 35.5. The fraction of sp³-hybridized carbons (Fsp3) is 0.286. The van der Waals surface area contributed by atoms with Crippen molar-refractivity contribution in [3.8, 4) is 5.75 Å². The lowest BCUT2D eigenvalue weighted by atomic mass is 9.86. The molecule has 1 heterocycles. The summed E-state index contributed by atoms with van der Waals surface area (Å²) in [6.07, 6.45) is -4.99. The van der Waals surface area contributed by atoms with Gasteiger partial charge < -0.3 is 20.2 Å². The molecule has 7 nitrogen and oxygen atoms in total. The Morgan fingerprint density at radius 1 is 1.20 bits per heavy atom. The Hall–Kier alpha value is -3.12. The number of nitrogens with zero attached hydrogens (tertiary/aromatic N) is 2. The Morgan fingerprint density at radius 3 is 2.23 bits per heavy atom. The van der Waals surface area contributed by atoms with Crippen LogP contribution in [0.2, 0.25) is 10.0 Å². The van der Waals surface area contributed by atoms with Crippen molar-refractivity contribution in [1.82, 2.24) is 4.90 Å². The highest BCUT2D eigenvalue weighted by Gasteiger charge is 2.62. The van der Waals surface area contributed by atoms with Crippen LogP contribution in [0.3, 0.4) is 0 Å². The van der Waals surface area contributed by atoms with E-state index in [1.807, 2.05) is 0 Å². The number of ether oxygens (including phenoxy) is 1. The smallest absolute Gasteiger partial charge is 0.434 e. The van der Waals surface area contributed by atoms with Gasteiger partial charge in [-0.25, -0.2) is 0 Å². The fourth-order valence-electron chi connectivity index (χ4n) is 2.94. The summed E-state index contributed by atoms with van der Waals surface area (Å²) in [7, 11) is 3.38. The van der Waals surface area contributed by atoms with E-state index in [0.29, 0.717) is 0 Å². The molecule has 0 spiro atoms. The highest BCUT2D eigenvalue weighted by molar-refractivity contribution is 6.34. The molecule has 2 aromatic rings. The number of hydrogen-bond donors (Lipinski definition) is 1. The summed E-state index contributed by atoms with van der Waals surface area (Å²) in [5.74, 6) is -1.66. The molecular formula is C21H18Cl2F5N3O4. The molecule has 1 aliphatic rings. The van der Waals surface area contributed by atoms with E-state index in [1.54, 1.807) is 14.1 Å². The third-order valence-electron chi connectivity index (χ3n) is 4.52. The number of oxime groups is 1. The molecular weight excluding hydrogens is 524 g/mol. The number of alkyl halides is 5. The molecule has 0 radical (unpaired) electrons. The van der Waals surface area contributed by atoms with Gasteiger partial charge in [0.15, 0.2) is 0 Å². The van der Waals surface area contributed by atoms with Gasteiger partial charge in [0.25, 0.3) is 11.5 Å². The molecule has 2 N–H and O–H groups in total. The van der Waals surface area contributed by atoms with E-state index < -0.39 is 36.5 Å². The first-order chi connectivity index (χ1) is 16.2. The zero-order chi connectivity index (χ0) is 26.6. The van der Waals surface area contributed by atoms with Crippen LogP contribution >= 0.6 is 23.2 Å². The number of halogens is 7. The van der Waals surface area contributed by atoms with Crippen molar-refractivity contribution in [2.75, 3.05) is 14.1 Å². The van der Waals surface area contributed by atoms with Crippen LogP contribution in [-0.4, -0.2) is 49.8 Å². The number of benzene rings is 2. The number of primary amides is 1. The molecule has 35 heavy (non-hydrogen) atoms. The summed E-state index contributed by atoms with van der Waals surface area (Å²) in [4.78, 5) is 27.1. The summed E-state index contributed by atoms with van der Waals surface area (Å²) in [5.41, 5.74) is 1.19. The Bertz CT molecular complexity index is 1110. The first-order valence-electron chi connectivity index (χ1n) is 9.49. The number of hydrogen-bond acceptors (Lipinski definition) is 5. The number of rotatable bonds is 6. The zero-order valence-corrected chi connectivity index (χ0v) is 19.6. The van der Waals surface area contributed by atoms with Gasteiger partial charge in [-0.05, 0) is 30.3 Å². The normalized spacial score (nSPS) is 17.1. The highest BCUT2D eigenvalue weighted by Crippen LogP contribution is 2.49. The topological polar surface area (TPSA) is 94.2 Å². The molecule has 0 aliphatic carbocycles. The molecule has 1 atom stereocenters. The number of carbonyl (C=O) groups is 2. The molecule has 0 bridgehead atoms. The molecule has 0 fully saturated rings. The van der Waals surface area contributed by atoms with Crippen LogP contribution in [0.15, 0.2) is 41.6 Å².